The first-order valence-electron chi connectivity index (χ1n) is 7.08. The number of hydrogen-bond acceptors (Lipinski definition) is 5. The first-order valence-corrected chi connectivity index (χ1v) is 7.08. The Bertz CT molecular complexity index is 854. The third kappa shape index (κ3) is 3.57. The lowest BCUT2D eigenvalue weighted by atomic mass is 10.1. The Morgan fingerprint density at radius 1 is 1.00 bits per heavy atom. The van der Waals surface area contributed by atoms with E-state index in [-0.39, 0.29) is 11.1 Å². The zero-order valence-corrected chi connectivity index (χ0v) is 12.4. The molecular weight excluding hydrogens is 314 g/mol. The van der Waals surface area contributed by atoms with Gasteiger partial charge in [-0.3, -0.25) is 9.78 Å². The number of halogens is 2. The molecular formula is C17H12F2N4O. The number of hydrogen-bond donors (Lipinski definition) is 1. The van der Waals surface area contributed by atoms with Crippen molar-refractivity contribution in [3.63, 3.8) is 0 Å². The van der Waals surface area contributed by atoms with Gasteiger partial charge in [0.1, 0.15) is 0 Å². The van der Waals surface area contributed by atoms with E-state index in [4.69, 9.17) is 0 Å². The number of anilines is 1. The Labute approximate surface area is 136 Å². The summed E-state index contributed by atoms with van der Waals surface area (Å²) >= 11 is 0. The number of carbonyl (C=O) groups excluding carboxylic acids is 1. The molecule has 2 heterocycles. The van der Waals surface area contributed by atoms with Gasteiger partial charge in [-0.2, -0.15) is 0 Å². The number of rotatable bonds is 5. The Balaban J connectivity index is 1.69. The number of nitrogens with one attached hydrogen (secondary N) is 1. The smallest absolute Gasteiger partial charge is 0.222 e. The largest absolute Gasteiger partial charge is 0.350 e. The van der Waals surface area contributed by atoms with E-state index in [1.807, 2.05) is 12.1 Å². The van der Waals surface area contributed by atoms with E-state index in [0.29, 0.717) is 12.5 Å². The van der Waals surface area contributed by atoms with Crippen LogP contribution in [0.3, 0.4) is 0 Å². The zero-order valence-electron chi connectivity index (χ0n) is 12.4. The van der Waals surface area contributed by atoms with Gasteiger partial charge in [0.25, 0.3) is 0 Å². The minimum absolute atomic E-state index is 0.0357. The topological polar surface area (TPSA) is 67.8 Å². The van der Waals surface area contributed by atoms with E-state index >= 15 is 0 Å². The number of pyridine rings is 1. The molecule has 0 radical (unpaired) electrons. The molecule has 3 rings (SSSR count). The third-order valence-corrected chi connectivity index (χ3v) is 3.27. The van der Waals surface area contributed by atoms with Crippen molar-refractivity contribution < 1.29 is 13.6 Å². The van der Waals surface area contributed by atoms with E-state index in [1.54, 1.807) is 12.4 Å². The summed E-state index contributed by atoms with van der Waals surface area (Å²) in [4.78, 5) is 24.3. The fraction of sp³-hybridized carbons (Fsp3) is 0.0588. The normalized spacial score (nSPS) is 10.4. The molecule has 0 saturated heterocycles. The van der Waals surface area contributed by atoms with Gasteiger partial charge in [0.2, 0.25) is 5.95 Å². The second kappa shape index (κ2) is 6.91. The van der Waals surface area contributed by atoms with E-state index in [9.17, 15) is 13.6 Å². The predicted octanol–water partition coefficient (Wildman–Crippen LogP) is 2.99. The monoisotopic (exact) mass is 326 g/mol. The highest BCUT2D eigenvalue weighted by molar-refractivity contribution is 6.08. The van der Waals surface area contributed by atoms with Gasteiger partial charge in [-0.05, 0) is 29.8 Å². The van der Waals surface area contributed by atoms with Gasteiger partial charge >= 0.3 is 0 Å². The third-order valence-electron chi connectivity index (χ3n) is 3.27. The average Bonchev–Trinajstić information content (AvgIpc) is 2.63. The van der Waals surface area contributed by atoms with Crippen LogP contribution in [0.2, 0.25) is 0 Å². The molecule has 0 aliphatic heterocycles. The molecule has 120 valence electrons. The Kier molecular flexibility index (Phi) is 4.51. The van der Waals surface area contributed by atoms with Crippen molar-refractivity contribution in [2.45, 2.75) is 6.54 Å². The van der Waals surface area contributed by atoms with Crippen LogP contribution < -0.4 is 5.32 Å². The first-order chi connectivity index (χ1) is 11.6. The molecule has 24 heavy (non-hydrogen) atoms. The van der Waals surface area contributed by atoms with E-state index in [1.165, 1.54) is 18.5 Å². The van der Waals surface area contributed by atoms with Crippen molar-refractivity contribution in [3.8, 4) is 0 Å². The molecule has 2 aromatic heterocycles. The maximum absolute atomic E-state index is 13.2. The van der Waals surface area contributed by atoms with Crippen molar-refractivity contribution in [1.29, 1.82) is 0 Å². The molecule has 3 aromatic rings. The molecule has 5 nitrogen and oxygen atoms in total. The highest BCUT2D eigenvalue weighted by Crippen LogP contribution is 2.13. The lowest BCUT2D eigenvalue weighted by Gasteiger charge is -2.05. The Morgan fingerprint density at radius 3 is 2.46 bits per heavy atom. The standard InChI is InChI=1S/C17H12F2N4O/c18-14-4-3-12(6-15(14)19)16(24)13-9-22-17(23-10-13)21-8-11-2-1-5-20-7-11/h1-7,9-10H,8H2,(H,21,22,23). The summed E-state index contributed by atoms with van der Waals surface area (Å²) in [6.45, 7) is 0.490. The van der Waals surface area contributed by atoms with Crippen LogP contribution in [-0.4, -0.2) is 20.7 Å². The number of ketones is 1. The summed E-state index contributed by atoms with van der Waals surface area (Å²) in [6.07, 6.45) is 6.07. The number of nitrogens with zero attached hydrogens (tertiary/aromatic N) is 3. The molecule has 0 bridgehead atoms. The summed E-state index contributed by atoms with van der Waals surface area (Å²) in [5.74, 6) is -2.21. The minimum Gasteiger partial charge on any atom is -0.350 e. The van der Waals surface area contributed by atoms with Crippen LogP contribution in [0.5, 0.6) is 0 Å². The van der Waals surface area contributed by atoms with Crippen LogP contribution in [0, 0.1) is 11.6 Å². The van der Waals surface area contributed by atoms with E-state index in [2.05, 4.69) is 20.3 Å². The summed E-state index contributed by atoms with van der Waals surface area (Å²) in [5.41, 5.74) is 1.18. The highest BCUT2D eigenvalue weighted by Gasteiger charge is 2.13. The molecule has 7 heteroatoms. The molecule has 0 saturated carbocycles. The molecule has 1 N–H and O–H groups in total. The summed E-state index contributed by atoms with van der Waals surface area (Å²) < 4.78 is 26.1. The van der Waals surface area contributed by atoms with Crippen molar-refractivity contribution in [3.05, 3.63) is 83.4 Å². The van der Waals surface area contributed by atoms with E-state index < -0.39 is 17.4 Å². The fourth-order valence-electron chi connectivity index (χ4n) is 2.02. The fourth-order valence-corrected chi connectivity index (χ4v) is 2.02. The van der Waals surface area contributed by atoms with E-state index in [0.717, 1.165) is 17.7 Å². The van der Waals surface area contributed by atoms with Crippen LogP contribution in [0.1, 0.15) is 21.5 Å². The molecule has 0 spiro atoms. The molecule has 1 aromatic carbocycles. The zero-order chi connectivity index (χ0) is 16.9. The van der Waals surface area contributed by atoms with Crippen LogP contribution in [-0.2, 0) is 6.54 Å². The van der Waals surface area contributed by atoms with Crippen molar-refractivity contribution in [1.82, 2.24) is 15.0 Å². The SMILES string of the molecule is O=C(c1cnc(NCc2cccnc2)nc1)c1ccc(F)c(F)c1. The van der Waals surface area contributed by atoms with Crippen LogP contribution in [0.25, 0.3) is 0 Å². The molecule has 0 atom stereocenters. The lowest BCUT2D eigenvalue weighted by Crippen LogP contribution is -2.07. The molecule has 0 aliphatic rings. The predicted molar refractivity (Wildman–Crippen MR) is 83.4 cm³/mol. The maximum Gasteiger partial charge on any atom is 0.222 e. The Morgan fingerprint density at radius 2 is 1.79 bits per heavy atom. The minimum atomic E-state index is -1.07. The highest BCUT2D eigenvalue weighted by atomic mass is 19.2. The van der Waals surface area contributed by atoms with Crippen molar-refractivity contribution >= 4 is 11.7 Å². The van der Waals surface area contributed by atoms with Gasteiger partial charge in [0, 0.05) is 36.9 Å². The van der Waals surface area contributed by atoms with Gasteiger partial charge < -0.3 is 5.32 Å². The Hall–Kier alpha value is -3.22. The molecule has 0 unspecified atom stereocenters. The van der Waals surface area contributed by atoms with Gasteiger partial charge in [-0.1, -0.05) is 6.07 Å². The number of benzene rings is 1. The van der Waals surface area contributed by atoms with Gasteiger partial charge in [0.05, 0.1) is 5.56 Å². The average molecular weight is 326 g/mol. The second-order valence-corrected chi connectivity index (χ2v) is 4.97. The van der Waals surface area contributed by atoms with Gasteiger partial charge in [0.15, 0.2) is 17.4 Å². The van der Waals surface area contributed by atoms with Crippen LogP contribution in [0.15, 0.2) is 55.1 Å². The summed E-state index contributed by atoms with van der Waals surface area (Å²) in [6, 6.07) is 6.71. The molecule has 0 amide bonds. The van der Waals surface area contributed by atoms with Crippen molar-refractivity contribution in [2.75, 3.05) is 5.32 Å². The van der Waals surface area contributed by atoms with Gasteiger partial charge in [-0.25, -0.2) is 18.7 Å². The van der Waals surface area contributed by atoms with Crippen LogP contribution >= 0.6 is 0 Å². The first kappa shape index (κ1) is 15.7. The quantitative estimate of drug-likeness (QED) is 0.730. The number of aromatic nitrogens is 3. The summed E-state index contributed by atoms with van der Waals surface area (Å²) in [7, 11) is 0. The number of carbonyl (C=O) groups is 1. The van der Waals surface area contributed by atoms with Crippen LogP contribution in [0.4, 0.5) is 14.7 Å². The van der Waals surface area contributed by atoms with Crippen molar-refractivity contribution in [2.24, 2.45) is 0 Å². The second-order valence-electron chi connectivity index (χ2n) is 4.97. The maximum atomic E-state index is 13.2. The molecule has 0 aliphatic carbocycles. The lowest BCUT2D eigenvalue weighted by molar-refractivity contribution is 0.103. The van der Waals surface area contributed by atoms with Gasteiger partial charge in [-0.15, -0.1) is 0 Å². The molecule has 0 fully saturated rings. The summed E-state index contributed by atoms with van der Waals surface area (Å²) in [5, 5.41) is 3.00.